The Morgan fingerprint density at radius 2 is 1.94 bits per heavy atom. The lowest BCUT2D eigenvalue weighted by Gasteiger charge is -2.16. The van der Waals surface area contributed by atoms with Gasteiger partial charge in [0.2, 0.25) is 0 Å². The Hall–Kier alpha value is -3.04. The van der Waals surface area contributed by atoms with Crippen molar-refractivity contribution < 1.29 is 0 Å². The highest BCUT2D eigenvalue weighted by atomic mass is 79.9. The summed E-state index contributed by atoms with van der Waals surface area (Å²) >= 11 is 3.50. The number of aryl methyl sites for hydroxylation is 2. The van der Waals surface area contributed by atoms with Crippen LogP contribution in [0.15, 0.2) is 47.2 Å². The molecule has 0 atom stereocenters. The van der Waals surface area contributed by atoms with Crippen LogP contribution in [0.5, 0.6) is 0 Å². The van der Waals surface area contributed by atoms with Gasteiger partial charge in [0.25, 0.3) is 0 Å². The molecule has 0 saturated heterocycles. The van der Waals surface area contributed by atoms with E-state index in [1.54, 1.807) is 6.07 Å². The normalized spacial score (nSPS) is 13.4. The van der Waals surface area contributed by atoms with E-state index in [1.165, 1.54) is 24.1 Å². The lowest BCUT2D eigenvalue weighted by atomic mass is 9.92. The first-order chi connectivity index (χ1) is 15.1. The van der Waals surface area contributed by atoms with Gasteiger partial charge in [-0.2, -0.15) is 10.4 Å². The highest BCUT2D eigenvalue weighted by Gasteiger charge is 2.21. The maximum atomic E-state index is 9.25. The number of fused-ring (bicyclic) bond motifs is 2. The summed E-state index contributed by atoms with van der Waals surface area (Å²) in [6.07, 6.45) is 8.47. The minimum Gasteiger partial charge on any atom is -0.260 e. The zero-order chi connectivity index (χ0) is 21.5. The van der Waals surface area contributed by atoms with Gasteiger partial charge in [-0.3, -0.25) is 4.98 Å². The van der Waals surface area contributed by atoms with E-state index in [9.17, 15) is 5.26 Å². The summed E-state index contributed by atoms with van der Waals surface area (Å²) in [5, 5.41) is 15.3. The molecule has 0 bridgehead atoms. The Kier molecular flexibility index (Phi) is 5.07. The third-order valence-corrected chi connectivity index (χ3v) is 6.60. The molecule has 0 unspecified atom stereocenters. The smallest absolute Gasteiger partial charge is 0.163 e. The van der Waals surface area contributed by atoms with Crippen LogP contribution < -0.4 is 0 Å². The van der Waals surface area contributed by atoms with E-state index in [4.69, 9.17) is 15.1 Å². The van der Waals surface area contributed by atoms with Crippen LogP contribution in [0.3, 0.4) is 0 Å². The Labute approximate surface area is 189 Å². The highest BCUT2D eigenvalue weighted by molar-refractivity contribution is 9.10. The molecule has 0 amide bonds. The third-order valence-electron chi connectivity index (χ3n) is 5.94. The summed E-state index contributed by atoms with van der Waals surface area (Å²) in [6.45, 7) is 4.31. The standard InChI is InChI=1S/C25H22BrN5/c1-15(2)24-23-20(18-11-16-5-3-4-6-22(16)29-14-18)9-10-28-25(23)31(30-24)19-8-7-17(13-27)21(26)12-19/h7-12,14-15H,3-6H2,1-2H3. The molecule has 5 nitrogen and oxygen atoms in total. The van der Waals surface area contributed by atoms with Crippen LogP contribution in [0.2, 0.25) is 0 Å². The molecule has 1 aliphatic carbocycles. The molecule has 5 rings (SSSR count). The maximum absolute atomic E-state index is 9.25. The predicted octanol–water partition coefficient (Wildman–Crippen LogP) is 6.12. The van der Waals surface area contributed by atoms with Crippen molar-refractivity contribution in [3.05, 3.63) is 69.7 Å². The molecule has 0 N–H and O–H groups in total. The number of hydrogen-bond donors (Lipinski definition) is 0. The average Bonchev–Trinajstić information content (AvgIpc) is 3.19. The Balaban J connectivity index is 1.73. The first kappa shape index (κ1) is 19.9. The van der Waals surface area contributed by atoms with Gasteiger partial charge in [0.05, 0.1) is 22.3 Å². The molecule has 31 heavy (non-hydrogen) atoms. The van der Waals surface area contributed by atoms with Gasteiger partial charge in [-0.25, -0.2) is 9.67 Å². The molecule has 6 heteroatoms. The van der Waals surface area contributed by atoms with Gasteiger partial charge < -0.3 is 0 Å². The number of aromatic nitrogens is 4. The molecule has 0 fully saturated rings. The van der Waals surface area contributed by atoms with Gasteiger partial charge in [0.15, 0.2) is 5.65 Å². The van der Waals surface area contributed by atoms with Gasteiger partial charge in [-0.05, 0) is 89.0 Å². The number of nitrogens with zero attached hydrogens (tertiary/aromatic N) is 5. The first-order valence-corrected chi connectivity index (χ1v) is 11.4. The Bertz CT molecular complexity index is 1350. The van der Waals surface area contributed by atoms with Crippen LogP contribution in [0.4, 0.5) is 0 Å². The molecule has 3 aromatic heterocycles. The molecule has 3 heterocycles. The van der Waals surface area contributed by atoms with E-state index in [0.29, 0.717) is 5.56 Å². The predicted molar refractivity (Wildman–Crippen MR) is 125 cm³/mol. The molecular formula is C25H22BrN5. The summed E-state index contributed by atoms with van der Waals surface area (Å²) in [5.41, 5.74) is 8.13. The van der Waals surface area contributed by atoms with Gasteiger partial charge >= 0.3 is 0 Å². The minimum atomic E-state index is 0.235. The SMILES string of the molecule is CC(C)c1nn(-c2ccc(C#N)c(Br)c2)c2nccc(-c3cnc4c(c3)CCCC4)c12. The lowest BCUT2D eigenvalue weighted by molar-refractivity contribution is 0.668. The Morgan fingerprint density at radius 3 is 2.71 bits per heavy atom. The number of benzene rings is 1. The number of rotatable bonds is 3. The van der Waals surface area contributed by atoms with Gasteiger partial charge in [0.1, 0.15) is 6.07 Å². The minimum absolute atomic E-state index is 0.235. The molecule has 1 aromatic carbocycles. The first-order valence-electron chi connectivity index (χ1n) is 10.6. The molecule has 1 aliphatic rings. The maximum Gasteiger partial charge on any atom is 0.163 e. The van der Waals surface area contributed by atoms with Crippen molar-refractivity contribution in [2.45, 2.75) is 45.4 Å². The van der Waals surface area contributed by atoms with E-state index in [2.05, 4.69) is 48.0 Å². The van der Waals surface area contributed by atoms with Crippen molar-refractivity contribution in [3.8, 4) is 22.9 Å². The topological polar surface area (TPSA) is 67.4 Å². The van der Waals surface area contributed by atoms with Crippen molar-refractivity contribution in [1.29, 1.82) is 5.26 Å². The van der Waals surface area contributed by atoms with Crippen molar-refractivity contribution in [2.75, 3.05) is 0 Å². The fourth-order valence-electron chi connectivity index (χ4n) is 4.36. The van der Waals surface area contributed by atoms with E-state index in [-0.39, 0.29) is 5.92 Å². The van der Waals surface area contributed by atoms with Crippen LogP contribution in [0.25, 0.3) is 27.8 Å². The van der Waals surface area contributed by atoms with Crippen molar-refractivity contribution in [1.82, 2.24) is 19.7 Å². The van der Waals surface area contributed by atoms with E-state index in [1.807, 2.05) is 29.2 Å². The average molecular weight is 472 g/mol. The summed E-state index contributed by atoms with van der Waals surface area (Å²) < 4.78 is 2.63. The number of hydrogen-bond acceptors (Lipinski definition) is 4. The molecule has 0 aliphatic heterocycles. The summed E-state index contributed by atoms with van der Waals surface area (Å²) in [6, 6.07) is 12.2. The monoisotopic (exact) mass is 471 g/mol. The molecular weight excluding hydrogens is 450 g/mol. The molecule has 0 saturated carbocycles. The molecule has 4 aromatic rings. The summed E-state index contributed by atoms with van der Waals surface area (Å²) in [7, 11) is 0. The highest BCUT2D eigenvalue weighted by Crippen LogP contribution is 2.36. The number of halogens is 1. The zero-order valence-electron chi connectivity index (χ0n) is 17.6. The second-order valence-electron chi connectivity index (χ2n) is 8.32. The zero-order valence-corrected chi connectivity index (χ0v) is 19.1. The van der Waals surface area contributed by atoms with Crippen molar-refractivity contribution >= 4 is 27.0 Å². The van der Waals surface area contributed by atoms with Crippen LogP contribution in [-0.2, 0) is 12.8 Å². The van der Waals surface area contributed by atoms with Gasteiger partial charge in [-0.1, -0.05) is 13.8 Å². The van der Waals surface area contributed by atoms with Crippen LogP contribution in [-0.4, -0.2) is 19.7 Å². The fourth-order valence-corrected chi connectivity index (χ4v) is 4.81. The van der Waals surface area contributed by atoms with Crippen LogP contribution >= 0.6 is 15.9 Å². The number of pyridine rings is 2. The van der Waals surface area contributed by atoms with E-state index in [0.717, 1.165) is 50.9 Å². The van der Waals surface area contributed by atoms with E-state index >= 15 is 0 Å². The Morgan fingerprint density at radius 1 is 1.10 bits per heavy atom. The van der Waals surface area contributed by atoms with Gasteiger partial charge in [0, 0.05) is 28.1 Å². The molecule has 0 spiro atoms. The van der Waals surface area contributed by atoms with Gasteiger partial charge in [-0.15, -0.1) is 0 Å². The largest absolute Gasteiger partial charge is 0.260 e. The lowest BCUT2D eigenvalue weighted by Crippen LogP contribution is -2.05. The molecule has 154 valence electrons. The van der Waals surface area contributed by atoms with Crippen LogP contribution in [0.1, 0.15) is 55.1 Å². The summed E-state index contributed by atoms with van der Waals surface area (Å²) in [5.74, 6) is 0.235. The van der Waals surface area contributed by atoms with Crippen LogP contribution in [0, 0.1) is 11.3 Å². The summed E-state index contributed by atoms with van der Waals surface area (Å²) in [4.78, 5) is 9.49. The fraction of sp³-hybridized carbons (Fsp3) is 0.280. The number of nitriles is 1. The second-order valence-corrected chi connectivity index (χ2v) is 9.18. The molecule has 0 radical (unpaired) electrons. The van der Waals surface area contributed by atoms with Crippen molar-refractivity contribution in [3.63, 3.8) is 0 Å². The second kappa shape index (κ2) is 7.90. The quantitative estimate of drug-likeness (QED) is 0.360. The van der Waals surface area contributed by atoms with Crippen molar-refractivity contribution in [2.24, 2.45) is 0 Å². The third kappa shape index (κ3) is 3.43. The van der Waals surface area contributed by atoms with E-state index < -0.39 is 0 Å².